The molecule has 1 saturated heterocycles. The Bertz CT molecular complexity index is 643. The lowest BCUT2D eigenvalue weighted by Gasteiger charge is -2.35. The van der Waals surface area contributed by atoms with Gasteiger partial charge in [-0.1, -0.05) is 6.07 Å². The highest BCUT2D eigenvalue weighted by molar-refractivity contribution is 5.85. The first-order valence-electron chi connectivity index (χ1n) is 10.0. The van der Waals surface area contributed by atoms with Crippen LogP contribution in [-0.4, -0.2) is 38.9 Å². The largest absolute Gasteiger partial charge is 0.493 e. The normalized spacial score (nSPS) is 20.1. The molecule has 3 rings (SSSR count). The second-order valence-electron chi connectivity index (χ2n) is 7.73. The van der Waals surface area contributed by atoms with E-state index in [9.17, 15) is 4.79 Å². The van der Waals surface area contributed by atoms with Gasteiger partial charge in [-0.15, -0.1) is 12.4 Å². The van der Waals surface area contributed by atoms with Crippen LogP contribution in [0.1, 0.15) is 57.1 Å². The molecule has 1 unspecified atom stereocenters. The molecule has 28 heavy (non-hydrogen) atoms. The predicted octanol–water partition coefficient (Wildman–Crippen LogP) is 3.37. The standard InChI is InChI=1S/C21H32N2O4.ClH/c1-15(23-20(24)21(14-22)9-11-26-12-10-21)16-7-8-18(19(13-16)25-2)27-17-5-3-4-6-17;/h7-8,13,15,17H,3-6,9-12,14,22H2,1-2H3,(H,23,24);1H. The fourth-order valence-corrected chi connectivity index (χ4v) is 3.96. The maximum Gasteiger partial charge on any atom is 0.228 e. The fraction of sp³-hybridized carbons (Fsp3) is 0.667. The van der Waals surface area contributed by atoms with Crippen LogP contribution >= 0.6 is 12.4 Å². The van der Waals surface area contributed by atoms with Gasteiger partial charge in [-0.25, -0.2) is 0 Å². The molecule has 0 spiro atoms. The SMILES string of the molecule is COc1cc(C(C)NC(=O)C2(CN)CCOCC2)ccc1OC1CCCC1.Cl. The number of halogens is 1. The van der Waals surface area contributed by atoms with Crippen LogP contribution < -0.4 is 20.5 Å². The molecule has 3 N–H and O–H groups in total. The number of amides is 1. The molecule has 2 aliphatic rings. The van der Waals surface area contributed by atoms with Crippen LogP contribution in [0.3, 0.4) is 0 Å². The van der Waals surface area contributed by atoms with E-state index in [0.29, 0.717) is 38.3 Å². The van der Waals surface area contributed by atoms with Crippen molar-refractivity contribution in [3.63, 3.8) is 0 Å². The van der Waals surface area contributed by atoms with E-state index in [-0.39, 0.29) is 30.5 Å². The van der Waals surface area contributed by atoms with Crippen LogP contribution in [0.25, 0.3) is 0 Å². The summed E-state index contributed by atoms with van der Waals surface area (Å²) in [6.45, 7) is 3.49. The first kappa shape index (κ1) is 22.8. The molecule has 0 radical (unpaired) electrons. The summed E-state index contributed by atoms with van der Waals surface area (Å²) in [5.74, 6) is 1.49. The molecule has 1 amide bonds. The minimum Gasteiger partial charge on any atom is -0.493 e. The smallest absolute Gasteiger partial charge is 0.228 e. The summed E-state index contributed by atoms with van der Waals surface area (Å²) in [6.07, 6.45) is 6.26. The summed E-state index contributed by atoms with van der Waals surface area (Å²) in [4.78, 5) is 12.9. The lowest BCUT2D eigenvalue weighted by atomic mass is 9.79. The average molecular weight is 413 g/mol. The highest BCUT2D eigenvalue weighted by Gasteiger charge is 2.39. The molecule has 1 heterocycles. The minimum atomic E-state index is -0.526. The van der Waals surface area contributed by atoms with Crippen LogP contribution in [0.15, 0.2) is 18.2 Å². The van der Waals surface area contributed by atoms with Crippen molar-refractivity contribution >= 4 is 18.3 Å². The molecule has 6 nitrogen and oxygen atoms in total. The number of hydrogen-bond acceptors (Lipinski definition) is 5. The van der Waals surface area contributed by atoms with Crippen molar-refractivity contribution in [1.29, 1.82) is 0 Å². The number of benzene rings is 1. The number of ether oxygens (including phenoxy) is 3. The Balaban J connectivity index is 0.00000280. The number of methoxy groups -OCH3 is 1. The summed E-state index contributed by atoms with van der Waals surface area (Å²) in [5.41, 5.74) is 6.40. The Morgan fingerprint density at radius 2 is 1.96 bits per heavy atom. The second-order valence-corrected chi connectivity index (χ2v) is 7.73. The predicted molar refractivity (Wildman–Crippen MR) is 111 cm³/mol. The molecule has 7 heteroatoms. The molecule has 158 valence electrons. The van der Waals surface area contributed by atoms with Crippen molar-refractivity contribution in [2.24, 2.45) is 11.1 Å². The van der Waals surface area contributed by atoms with Crippen LogP contribution in [0.5, 0.6) is 11.5 Å². The molecule has 1 saturated carbocycles. The van der Waals surface area contributed by atoms with Gasteiger partial charge in [0.1, 0.15) is 0 Å². The first-order valence-corrected chi connectivity index (χ1v) is 10.0. The number of nitrogens with one attached hydrogen (secondary N) is 1. The maximum atomic E-state index is 12.9. The van der Waals surface area contributed by atoms with Gasteiger partial charge in [-0.05, 0) is 63.1 Å². The number of carbonyl (C=O) groups excluding carboxylic acids is 1. The molecule has 2 fully saturated rings. The van der Waals surface area contributed by atoms with Crippen molar-refractivity contribution in [2.75, 3.05) is 26.9 Å². The average Bonchev–Trinajstić information content (AvgIpc) is 3.21. The third-order valence-corrected chi connectivity index (χ3v) is 5.95. The fourth-order valence-electron chi connectivity index (χ4n) is 3.96. The van der Waals surface area contributed by atoms with Gasteiger partial charge in [-0.3, -0.25) is 4.79 Å². The quantitative estimate of drug-likeness (QED) is 0.717. The van der Waals surface area contributed by atoms with Gasteiger partial charge in [0.15, 0.2) is 11.5 Å². The monoisotopic (exact) mass is 412 g/mol. The summed E-state index contributed by atoms with van der Waals surface area (Å²) in [7, 11) is 1.65. The Morgan fingerprint density at radius 1 is 1.29 bits per heavy atom. The molecule has 1 aliphatic carbocycles. The Hall–Kier alpha value is -1.50. The maximum absolute atomic E-state index is 12.9. The second kappa shape index (κ2) is 10.3. The van der Waals surface area contributed by atoms with Gasteiger partial charge in [0.2, 0.25) is 5.91 Å². The Labute approximate surface area is 173 Å². The van der Waals surface area contributed by atoms with E-state index in [1.54, 1.807) is 7.11 Å². The topological polar surface area (TPSA) is 82.8 Å². The van der Waals surface area contributed by atoms with Crippen LogP contribution in [0, 0.1) is 5.41 Å². The lowest BCUT2D eigenvalue weighted by molar-refractivity contribution is -0.136. The Kier molecular flexibility index (Phi) is 8.40. The Morgan fingerprint density at radius 3 is 2.57 bits per heavy atom. The van der Waals surface area contributed by atoms with Crippen molar-refractivity contribution in [2.45, 2.75) is 57.6 Å². The number of hydrogen-bond donors (Lipinski definition) is 2. The molecule has 0 bridgehead atoms. The molecule has 1 aliphatic heterocycles. The lowest BCUT2D eigenvalue weighted by Crippen LogP contribution is -2.49. The van der Waals surface area contributed by atoms with Crippen molar-refractivity contribution in [3.05, 3.63) is 23.8 Å². The molecular weight excluding hydrogens is 380 g/mol. The zero-order valence-electron chi connectivity index (χ0n) is 16.9. The van der Waals surface area contributed by atoms with Gasteiger partial charge in [0, 0.05) is 19.8 Å². The van der Waals surface area contributed by atoms with Crippen molar-refractivity contribution in [1.82, 2.24) is 5.32 Å². The van der Waals surface area contributed by atoms with E-state index in [0.717, 1.165) is 24.2 Å². The molecule has 1 aromatic carbocycles. The molecular formula is C21H33ClN2O4. The van der Waals surface area contributed by atoms with Gasteiger partial charge in [0.25, 0.3) is 0 Å². The van der Waals surface area contributed by atoms with E-state index in [1.807, 2.05) is 25.1 Å². The molecule has 1 aromatic rings. The van der Waals surface area contributed by atoms with E-state index >= 15 is 0 Å². The van der Waals surface area contributed by atoms with E-state index in [2.05, 4.69) is 5.32 Å². The van der Waals surface area contributed by atoms with Gasteiger partial charge >= 0.3 is 0 Å². The van der Waals surface area contributed by atoms with Gasteiger partial charge in [0.05, 0.1) is 24.7 Å². The third-order valence-electron chi connectivity index (χ3n) is 5.95. The minimum absolute atomic E-state index is 0. The first-order chi connectivity index (χ1) is 13.1. The van der Waals surface area contributed by atoms with Crippen molar-refractivity contribution in [3.8, 4) is 11.5 Å². The van der Waals surface area contributed by atoms with E-state index in [1.165, 1.54) is 12.8 Å². The molecule has 0 aromatic heterocycles. The summed E-state index contributed by atoms with van der Waals surface area (Å²) in [6, 6.07) is 5.76. The highest BCUT2D eigenvalue weighted by atomic mass is 35.5. The highest BCUT2D eigenvalue weighted by Crippen LogP contribution is 2.35. The van der Waals surface area contributed by atoms with E-state index < -0.39 is 5.41 Å². The summed E-state index contributed by atoms with van der Waals surface area (Å²) in [5, 5.41) is 3.13. The zero-order valence-corrected chi connectivity index (χ0v) is 17.7. The molecule has 1 atom stereocenters. The van der Waals surface area contributed by atoms with Gasteiger partial charge in [-0.2, -0.15) is 0 Å². The van der Waals surface area contributed by atoms with Crippen molar-refractivity contribution < 1.29 is 19.0 Å². The number of carbonyl (C=O) groups is 1. The van der Waals surface area contributed by atoms with Crippen LogP contribution in [0.2, 0.25) is 0 Å². The van der Waals surface area contributed by atoms with Crippen LogP contribution in [0.4, 0.5) is 0 Å². The zero-order chi connectivity index (χ0) is 19.3. The summed E-state index contributed by atoms with van der Waals surface area (Å²) >= 11 is 0. The number of rotatable bonds is 7. The summed E-state index contributed by atoms with van der Waals surface area (Å²) < 4.78 is 17.0. The van der Waals surface area contributed by atoms with Gasteiger partial charge < -0.3 is 25.3 Å². The third kappa shape index (κ3) is 5.10. The van der Waals surface area contributed by atoms with Crippen LogP contribution in [-0.2, 0) is 9.53 Å². The van der Waals surface area contributed by atoms with E-state index in [4.69, 9.17) is 19.9 Å². The number of nitrogens with two attached hydrogens (primary N) is 1.